The topological polar surface area (TPSA) is 100 Å². The molecule has 0 aliphatic carbocycles. The van der Waals surface area contributed by atoms with Crippen molar-refractivity contribution in [2.24, 2.45) is 0 Å². The molecule has 29 heavy (non-hydrogen) atoms. The second kappa shape index (κ2) is 9.59. The van der Waals surface area contributed by atoms with E-state index in [1.807, 2.05) is 30.3 Å². The summed E-state index contributed by atoms with van der Waals surface area (Å²) in [5, 5.41) is 2.54. The normalized spacial score (nSPS) is 13.1. The minimum Gasteiger partial charge on any atom is -0.486 e. The van der Waals surface area contributed by atoms with Gasteiger partial charge in [0.1, 0.15) is 19.3 Å². The molecule has 1 aliphatic heterocycles. The largest absolute Gasteiger partial charge is 0.486 e. The van der Waals surface area contributed by atoms with Crippen molar-refractivity contribution < 1.29 is 33.3 Å². The Hall–Kier alpha value is -3.55. The summed E-state index contributed by atoms with van der Waals surface area (Å²) in [7, 11) is 1.24. The molecule has 1 heterocycles. The first kappa shape index (κ1) is 20.2. The van der Waals surface area contributed by atoms with Crippen LogP contribution in [0.15, 0.2) is 48.5 Å². The molecule has 0 saturated carbocycles. The molecule has 0 spiro atoms. The van der Waals surface area contributed by atoms with Crippen molar-refractivity contribution >= 4 is 17.8 Å². The Labute approximate surface area is 167 Å². The van der Waals surface area contributed by atoms with Crippen LogP contribution in [0.1, 0.15) is 15.9 Å². The van der Waals surface area contributed by atoms with E-state index in [9.17, 15) is 14.4 Å². The first-order valence-electron chi connectivity index (χ1n) is 9.04. The molecular weight excluding hydrogens is 378 g/mol. The number of esters is 2. The van der Waals surface area contributed by atoms with E-state index in [0.717, 1.165) is 5.56 Å². The van der Waals surface area contributed by atoms with Crippen LogP contribution in [-0.2, 0) is 25.5 Å². The van der Waals surface area contributed by atoms with Crippen LogP contribution in [-0.4, -0.2) is 50.8 Å². The van der Waals surface area contributed by atoms with Gasteiger partial charge in [0, 0.05) is 6.42 Å². The molecule has 0 saturated heterocycles. The maximum absolute atomic E-state index is 12.2. The highest BCUT2D eigenvalue weighted by Gasteiger charge is 2.23. The number of methoxy groups -OCH3 is 1. The standard InChI is InChI=1S/C21H21NO7/c1-26-21(25)16(11-14-5-3-2-4-6-14)22-19(23)13-29-20(24)15-7-8-17-18(12-15)28-10-9-27-17/h2-8,12,16H,9-11,13H2,1H3,(H,22,23)/t16-/m0/s1. The molecule has 2 aromatic carbocycles. The predicted octanol–water partition coefficient (Wildman–Crippen LogP) is 1.52. The third kappa shape index (κ3) is 5.47. The molecule has 152 valence electrons. The van der Waals surface area contributed by atoms with Gasteiger partial charge in [0.15, 0.2) is 18.1 Å². The summed E-state index contributed by atoms with van der Waals surface area (Å²) < 4.78 is 20.6. The summed E-state index contributed by atoms with van der Waals surface area (Å²) in [4.78, 5) is 36.4. The van der Waals surface area contributed by atoms with Gasteiger partial charge in [-0.25, -0.2) is 9.59 Å². The van der Waals surface area contributed by atoms with Gasteiger partial charge in [-0.1, -0.05) is 30.3 Å². The molecule has 3 rings (SSSR count). The molecule has 1 aliphatic rings. The van der Waals surface area contributed by atoms with E-state index in [0.29, 0.717) is 24.7 Å². The molecule has 0 fully saturated rings. The summed E-state index contributed by atoms with van der Waals surface area (Å²) in [5.41, 5.74) is 1.09. The number of ether oxygens (including phenoxy) is 4. The van der Waals surface area contributed by atoms with Gasteiger partial charge in [0.05, 0.1) is 12.7 Å². The highest BCUT2D eigenvalue weighted by atomic mass is 16.6. The Morgan fingerprint density at radius 1 is 1.03 bits per heavy atom. The number of fused-ring (bicyclic) bond motifs is 1. The van der Waals surface area contributed by atoms with Crippen LogP contribution >= 0.6 is 0 Å². The van der Waals surface area contributed by atoms with E-state index < -0.39 is 30.5 Å². The Bertz CT molecular complexity index is 882. The molecule has 8 nitrogen and oxygen atoms in total. The third-order valence-electron chi connectivity index (χ3n) is 4.22. The fraction of sp³-hybridized carbons (Fsp3) is 0.286. The van der Waals surface area contributed by atoms with Crippen LogP contribution in [0.2, 0.25) is 0 Å². The zero-order valence-corrected chi connectivity index (χ0v) is 15.9. The van der Waals surface area contributed by atoms with Gasteiger partial charge in [-0.3, -0.25) is 4.79 Å². The number of rotatable bonds is 7. The lowest BCUT2D eigenvalue weighted by molar-refractivity contribution is -0.145. The number of carbonyl (C=O) groups excluding carboxylic acids is 3. The third-order valence-corrected chi connectivity index (χ3v) is 4.22. The van der Waals surface area contributed by atoms with E-state index in [1.165, 1.54) is 19.2 Å². The van der Waals surface area contributed by atoms with Crippen LogP contribution in [0, 0.1) is 0 Å². The van der Waals surface area contributed by atoms with Gasteiger partial charge in [-0.05, 0) is 23.8 Å². The molecule has 1 atom stereocenters. The number of hydrogen-bond acceptors (Lipinski definition) is 7. The average molecular weight is 399 g/mol. The zero-order valence-electron chi connectivity index (χ0n) is 15.9. The number of carbonyl (C=O) groups is 3. The van der Waals surface area contributed by atoms with Crippen molar-refractivity contribution in [2.45, 2.75) is 12.5 Å². The monoisotopic (exact) mass is 399 g/mol. The molecule has 1 amide bonds. The maximum Gasteiger partial charge on any atom is 0.338 e. The zero-order chi connectivity index (χ0) is 20.6. The molecular formula is C21H21NO7. The first-order valence-corrected chi connectivity index (χ1v) is 9.04. The van der Waals surface area contributed by atoms with Crippen LogP contribution in [0.4, 0.5) is 0 Å². The highest BCUT2D eigenvalue weighted by molar-refractivity contribution is 5.92. The summed E-state index contributed by atoms with van der Waals surface area (Å²) in [5.74, 6) is -0.881. The SMILES string of the molecule is COC(=O)[C@H](Cc1ccccc1)NC(=O)COC(=O)c1ccc2c(c1)OCCO2. The van der Waals surface area contributed by atoms with Crippen molar-refractivity contribution in [3.63, 3.8) is 0 Å². The lowest BCUT2D eigenvalue weighted by Crippen LogP contribution is -2.44. The van der Waals surface area contributed by atoms with Gasteiger partial charge in [0.25, 0.3) is 5.91 Å². The Morgan fingerprint density at radius 3 is 2.48 bits per heavy atom. The van der Waals surface area contributed by atoms with Crippen molar-refractivity contribution in [1.29, 1.82) is 0 Å². The van der Waals surface area contributed by atoms with Crippen LogP contribution in [0.25, 0.3) is 0 Å². The lowest BCUT2D eigenvalue weighted by atomic mass is 10.1. The van der Waals surface area contributed by atoms with Gasteiger partial charge < -0.3 is 24.3 Å². The number of benzene rings is 2. The molecule has 0 aromatic heterocycles. The highest BCUT2D eigenvalue weighted by Crippen LogP contribution is 2.30. The summed E-state index contributed by atoms with van der Waals surface area (Å²) in [6, 6.07) is 12.9. The first-order chi connectivity index (χ1) is 14.1. The van der Waals surface area contributed by atoms with E-state index >= 15 is 0 Å². The number of hydrogen-bond donors (Lipinski definition) is 1. The number of nitrogens with one attached hydrogen (secondary N) is 1. The molecule has 0 radical (unpaired) electrons. The minimum absolute atomic E-state index is 0.232. The van der Waals surface area contributed by atoms with Crippen LogP contribution in [0.3, 0.4) is 0 Å². The second-order valence-electron chi connectivity index (χ2n) is 6.27. The predicted molar refractivity (Wildman–Crippen MR) is 102 cm³/mol. The number of amides is 1. The smallest absolute Gasteiger partial charge is 0.338 e. The summed E-state index contributed by atoms with van der Waals surface area (Å²) in [6.07, 6.45) is 0.259. The van der Waals surface area contributed by atoms with Crippen LogP contribution in [0.5, 0.6) is 11.5 Å². The lowest BCUT2D eigenvalue weighted by Gasteiger charge is -2.18. The van der Waals surface area contributed by atoms with Gasteiger partial charge >= 0.3 is 11.9 Å². The maximum atomic E-state index is 12.2. The Balaban J connectivity index is 1.55. The van der Waals surface area contributed by atoms with E-state index in [1.54, 1.807) is 6.07 Å². The fourth-order valence-electron chi connectivity index (χ4n) is 2.81. The van der Waals surface area contributed by atoms with Crippen molar-refractivity contribution in [3.05, 3.63) is 59.7 Å². The second-order valence-corrected chi connectivity index (χ2v) is 6.27. The molecule has 0 bridgehead atoms. The van der Waals surface area contributed by atoms with Crippen LogP contribution < -0.4 is 14.8 Å². The minimum atomic E-state index is -0.886. The van der Waals surface area contributed by atoms with E-state index in [4.69, 9.17) is 18.9 Å². The molecule has 2 aromatic rings. The Kier molecular flexibility index (Phi) is 6.67. The Morgan fingerprint density at radius 2 is 1.76 bits per heavy atom. The van der Waals surface area contributed by atoms with Gasteiger partial charge in [-0.15, -0.1) is 0 Å². The van der Waals surface area contributed by atoms with Crippen molar-refractivity contribution in [3.8, 4) is 11.5 Å². The van der Waals surface area contributed by atoms with Gasteiger partial charge in [-0.2, -0.15) is 0 Å². The average Bonchev–Trinajstić information content (AvgIpc) is 2.76. The fourth-order valence-corrected chi connectivity index (χ4v) is 2.81. The summed E-state index contributed by atoms with van der Waals surface area (Å²) in [6.45, 7) is 0.307. The van der Waals surface area contributed by atoms with Crippen molar-refractivity contribution in [2.75, 3.05) is 26.9 Å². The van der Waals surface area contributed by atoms with Gasteiger partial charge in [0.2, 0.25) is 0 Å². The van der Waals surface area contributed by atoms with E-state index in [-0.39, 0.29) is 12.0 Å². The van der Waals surface area contributed by atoms with Crippen molar-refractivity contribution in [1.82, 2.24) is 5.32 Å². The quantitative estimate of drug-likeness (QED) is 0.705. The summed E-state index contributed by atoms with van der Waals surface area (Å²) >= 11 is 0. The van der Waals surface area contributed by atoms with E-state index in [2.05, 4.69) is 5.32 Å². The molecule has 0 unspecified atom stereocenters. The molecule has 8 heteroatoms. The molecule has 1 N–H and O–H groups in total.